The standard InChI is InChI=1S/C20H19NO3/c1-14-5-4-6-16(11-14)19(2)12-18(22)24-20(19,13-21)15-7-9-17(23-3)10-8-15/h4-11H,12H2,1-3H3/t19-,20-/m0/s1. The third-order valence-electron chi connectivity index (χ3n) is 4.85. The van der Waals surface area contributed by atoms with E-state index in [1.165, 1.54) is 0 Å². The average Bonchev–Trinajstić information content (AvgIpc) is 2.87. The molecule has 0 saturated carbocycles. The van der Waals surface area contributed by atoms with Gasteiger partial charge in [0, 0.05) is 5.56 Å². The van der Waals surface area contributed by atoms with Crippen molar-refractivity contribution in [3.63, 3.8) is 0 Å². The third kappa shape index (κ3) is 2.25. The first kappa shape index (κ1) is 16.1. The van der Waals surface area contributed by atoms with Crippen LogP contribution in [-0.4, -0.2) is 13.1 Å². The van der Waals surface area contributed by atoms with E-state index >= 15 is 0 Å². The van der Waals surface area contributed by atoms with Gasteiger partial charge in [-0.2, -0.15) is 5.26 Å². The molecule has 122 valence electrons. The van der Waals surface area contributed by atoms with Crippen LogP contribution >= 0.6 is 0 Å². The maximum atomic E-state index is 12.2. The Hall–Kier alpha value is -2.80. The Morgan fingerprint density at radius 3 is 2.46 bits per heavy atom. The van der Waals surface area contributed by atoms with Gasteiger partial charge < -0.3 is 9.47 Å². The lowest BCUT2D eigenvalue weighted by Crippen LogP contribution is -2.43. The predicted octanol–water partition coefficient (Wildman–Crippen LogP) is 3.63. The quantitative estimate of drug-likeness (QED) is 0.810. The highest BCUT2D eigenvalue weighted by Crippen LogP contribution is 2.52. The molecule has 2 aromatic rings. The van der Waals surface area contributed by atoms with Gasteiger partial charge in [0.15, 0.2) is 0 Å². The molecule has 1 heterocycles. The molecular weight excluding hydrogens is 302 g/mol. The fourth-order valence-electron chi connectivity index (χ4n) is 3.44. The maximum Gasteiger partial charge on any atom is 0.308 e. The van der Waals surface area contributed by atoms with Crippen molar-refractivity contribution in [1.29, 1.82) is 5.26 Å². The van der Waals surface area contributed by atoms with Crippen molar-refractivity contribution in [2.45, 2.75) is 31.3 Å². The van der Waals surface area contributed by atoms with Gasteiger partial charge in [0.2, 0.25) is 5.60 Å². The Bertz CT molecular complexity index is 822. The van der Waals surface area contributed by atoms with Crippen molar-refractivity contribution < 1.29 is 14.3 Å². The van der Waals surface area contributed by atoms with E-state index in [0.717, 1.165) is 11.1 Å². The van der Waals surface area contributed by atoms with Crippen molar-refractivity contribution in [1.82, 2.24) is 0 Å². The number of carbonyl (C=O) groups excluding carboxylic acids is 1. The molecule has 1 fully saturated rings. The first-order valence-electron chi connectivity index (χ1n) is 7.80. The molecule has 4 heteroatoms. The van der Waals surface area contributed by atoms with Crippen LogP contribution in [0.25, 0.3) is 0 Å². The molecule has 1 aliphatic heterocycles. The normalized spacial score (nSPS) is 25.8. The maximum absolute atomic E-state index is 12.2. The van der Waals surface area contributed by atoms with Gasteiger partial charge in [-0.05, 0) is 31.5 Å². The second kappa shape index (κ2) is 5.68. The molecule has 0 amide bonds. The summed E-state index contributed by atoms with van der Waals surface area (Å²) in [7, 11) is 1.58. The monoisotopic (exact) mass is 321 g/mol. The lowest BCUT2D eigenvalue weighted by molar-refractivity contribution is -0.146. The van der Waals surface area contributed by atoms with E-state index in [1.807, 2.05) is 38.1 Å². The van der Waals surface area contributed by atoms with Crippen LogP contribution in [0.3, 0.4) is 0 Å². The first-order chi connectivity index (χ1) is 11.4. The van der Waals surface area contributed by atoms with Gasteiger partial charge in [0.25, 0.3) is 0 Å². The molecular formula is C20H19NO3. The minimum Gasteiger partial charge on any atom is -0.497 e. The average molecular weight is 321 g/mol. The summed E-state index contributed by atoms with van der Waals surface area (Å²) in [5.74, 6) is 0.324. The van der Waals surface area contributed by atoms with E-state index in [-0.39, 0.29) is 12.4 Å². The number of methoxy groups -OCH3 is 1. The Morgan fingerprint density at radius 2 is 1.88 bits per heavy atom. The van der Waals surface area contributed by atoms with Crippen LogP contribution in [0.1, 0.15) is 30.0 Å². The van der Waals surface area contributed by atoms with Gasteiger partial charge in [-0.3, -0.25) is 4.79 Å². The minimum atomic E-state index is -1.36. The van der Waals surface area contributed by atoms with E-state index in [1.54, 1.807) is 31.4 Å². The Kier molecular flexibility index (Phi) is 3.81. The minimum absolute atomic E-state index is 0.163. The molecule has 4 nitrogen and oxygen atoms in total. The Labute approximate surface area is 141 Å². The van der Waals surface area contributed by atoms with Gasteiger partial charge in [-0.1, -0.05) is 42.0 Å². The molecule has 0 spiro atoms. The van der Waals surface area contributed by atoms with Crippen LogP contribution in [0.5, 0.6) is 5.75 Å². The largest absolute Gasteiger partial charge is 0.497 e. The molecule has 2 aromatic carbocycles. The lowest BCUT2D eigenvalue weighted by Gasteiger charge is -2.36. The molecule has 2 atom stereocenters. The van der Waals surface area contributed by atoms with Crippen LogP contribution in [0, 0.1) is 18.3 Å². The number of aryl methyl sites for hydroxylation is 1. The summed E-state index contributed by atoms with van der Waals surface area (Å²) in [6.45, 7) is 3.91. The number of esters is 1. The number of nitrogens with zero attached hydrogens (tertiary/aromatic N) is 1. The number of carbonyl (C=O) groups is 1. The number of cyclic esters (lactones) is 1. The zero-order valence-corrected chi connectivity index (χ0v) is 14.0. The van der Waals surface area contributed by atoms with Crippen molar-refractivity contribution in [3.05, 3.63) is 65.2 Å². The number of hydrogen-bond donors (Lipinski definition) is 0. The van der Waals surface area contributed by atoms with E-state index in [2.05, 4.69) is 6.07 Å². The van der Waals surface area contributed by atoms with Crippen LogP contribution in [0.4, 0.5) is 0 Å². The molecule has 0 aromatic heterocycles. The van der Waals surface area contributed by atoms with Crippen LogP contribution in [0.2, 0.25) is 0 Å². The van der Waals surface area contributed by atoms with Gasteiger partial charge in [0.1, 0.15) is 11.8 Å². The fraction of sp³-hybridized carbons (Fsp3) is 0.300. The summed E-state index contributed by atoms with van der Waals surface area (Å²) in [4.78, 5) is 12.2. The van der Waals surface area contributed by atoms with Gasteiger partial charge >= 0.3 is 5.97 Å². The number of benzene rings is 2. The molecule has 0 unspecified atom stereocenters. The van der Waals surface area contributed by atoms with Crippen molar-refractivity contribution in [3.8, 4) is 11.8 Å². The lowest BCUT2D eigenvalue weighted by atomic mass is 9.66. The topological polar surface area (TPSA) is 59.3 Å². The van der Waals surface area contributed by atoms with Crippen LogP contribution < -0.4 is 4.74 Å². The summed E-state index contributed by atoms with van der Waals surface area (Å²) in [6.07, 6.45) is 0.163. The highest BCUT2D eigenvalue weighted by atomic mass is 16.6. The summed E-state index contributed by atoms with van der Waals surface area (Å²) < 4.78 is 10.8. The highest BCUT2D eigenvalue weighted by molar-refractivity contribution is 5.77. The van der Waals surface area contributed by atoms with Crippen molar-refractivity contribution in [2.75, 3.05) is 7.11 Å². The smallest absolute Gasteiger partial charge is 0.308 e. The van der Waals surface area contributed by atoms with Crippen LogP contribution in [-0.2, 0) is 20.5 Å². The summed E-state index contributed by atoms with van der Waals surface area (Å²) in [5, 5.41) is 10.0. The summed E-state index contributed by atoms with van der Waals surface area (Å²) in [6, 6.07) is 17.3. The van der Waals surface area contributed by atoms with E-state index in [0.29, 0.717) is 11.3 Å². The van der Waals surface area contributed by atoms with Gasteiger partial charge in [-0.15, -0.1) is 0 Å². The molecule has 1 saturated heterocycles. The number of ether oxygens (including phenoxy) is 2. The molecule has 0 bridgehead atoms. The van der Waals surface area contributed by atoms with Crippen molar-refractivity contribution >= 4 is 5.97 Å². The van der Waals surface area contributed by atoms with Gasteiger partial charge in [0.05, 0.1) is 18.9 Å². The number of hydrogen-bond acceptors (Lipinski definition) is 4. The van der Waals surface area contributed by atoms with Gasteiger partial charge in [-0.25, -0.2) is 0 Å². The second-order valence-corrected chi connectivity index (χ2v) is 6.37. The van der Waals surface area contributed by atoms with E-state index < -0.39 is 11.0 Å². The van der Waals surface area contributed by atoms with Crippen LogP contribution in [0.15, 0.2) is 48.5 Å². The molecule has 24 heavy (non-hydrogen) atoms. The number of rotatable bonds is 3. The Morgan fingerprint density at radius 1 is 1.17 bits per heavy atom. The summed E-state index contributed by atoms with van der Waals surface area (Å²) >= 11 is 0. The fourth-order valence-corrected chi connectivity index (χ4v) is 3.44. The van der Waals surface area contributed by atoms with E-state index in [4.69, 9.17) is 9.47 Å². The Balaban J connectivity index is 2.19. The molecule has 0 radical (unpaired) electrons. The molecule has 0 aliphatic carbocycles. The third-order valence-corrected chi connectivity index (χ3v) is 4.85. The first-order valence-corrected chi connectivity index (χ1v) is 7.80. The van der Waals surface area contributed by atoms with Crippen molar-refractivity contribution in [2.24, 2.45) is 0 Å². The number of nitriles is 1. The zero-order chi connectivity index (χ0) is 17.4. The molecule has 3 rings (SSSR count). The second-order valence-electron chi connectivity index (χ2n) is 6.37. The molecule has 0 N–H and O–H groups in total. The zero-order valence-electron chi connectivity index (χ0n) is 14.0. The predicted molar refractivity (Wildman–Crippen MR) is 89.5 cm³/mol. The van der Waals surface area contributed by atoms with E-state index in [9.17, 15) is 10.1 Å². The molecule has 1 aliphatic rings. The highest BCUT2D eigenvalue weighted by Gasteiger charge is 2.60. The summed E-state index contributed by atoms with van der Waals surface area (Å²) in [5.41, 5.74) is 0.532. The SMILES string of the molecule is COc1ccc([C@]2(C#N)OC(=O)C[C@@]2(C)c2cccc(C)c2)cc1.